The molecule has 0 bridgehead atoms. The molecule has 0 radical (unpaired) electrons. The minimum atomic E-state index is -0.898. The van der Waals surface area contributed by atoms with Gasteiger partial charge >= 0.3 is 0 Å². The molecule has 42 heavy (non-hydrogen) atoms. The van der Waals surface area contributed by atoms with Crippen LogP contribution in [0.1, 0.15) is 61.2 Å². The predicted octanol–water partition coefficient (Wildman–Crippen LogP) is 4.33. The van der Waals surface area contributed by atoms with Gasteiger partial charge in [-0.2, -0.15) is 0 Å². The summed E-state index contributed by atoms with van der Waals surface area (Å²) in [5.41, 5.74) is 6.11. The average Bonchev–Trinajstić information content (AvgIpc) is 3.63. The van der Waals surface area contributed by atoms with E-state index >= 15 is 0 Å². The van der Waals surface area contributed by atoms with Gasteiger partial charge in [0.25, 0.3) is 0 Å². The Labute approximate surface area is 243 Å². The molecular formula is C32H32N6O4. The van der Waals surface area contributed by atoms with Gasteiger partial charge in [-0.1, -0.05) is 83.2 Å². The number of carbonyl (C=O) groups excluding carboxylic acids is 2. The van der Waals surface area contributed by atoms with Crippen LogP contribution in [0, 0.1) is 0 Å². The first kappa shape index (κ1) is 28.7. The van der Waals surface area contributed by atoms with Crippen LogP contribution in [-0.2, 0) is 22.7 Å². The fourth-order valence-corrected chi connectivity index (χ4v) is 4.93. The van der Waals surface area contributed by atoms with Gasteiger partial charge < -0.3 is 10.2 Å². The lowest BCUT2D eigenvalue weighted by Crippen LogP contribution is -2.05. The van der Waals surface area contributed by atoms with E-state index in [1.54, 1.807) is 21.5 Å². The highest BCUT2D eigenvalue weighted by atomic mass is 16.3. The lowest BCUT2D eigenvalue weighted by Gasteiger charge is -2.12. The van der Waals surface area contributed by atoms with Crippen LogP contribution in [-0.4, -0.2) is 51.8 Å². The van der Waals surface area contributed by atoms with Gasteiger partial charge in [0, 0.05) is 24.0 Å². The molecule has 2 N–H and O–H groups in total. The molecule has 0 spiro atoms. The largest absolute Gasteiger partial charge is 0.388 e. The summed E-state index contributed by atoms with van der Waals surface area (Å²) in [7, 11) is 0. The van der Waals surface area contributed by atoms with Crippen molar-refractivity contribution < 1.29 is 19.8 Å². The van der Waals surface area contributed by atoms with Crippen molar-refractivity contribution in [1.82, 2.24) is 30.0 Å². The topological polar surface area (TPSA) is 136 Å². The summed E-state index contributed by atoms with van der Waals surface area (Å²) >= 11 is 0. The third-order valence-corrected chi connectivity index (χ3v) is 6.94. The predicted molar refractivity (Wildman–Crippen MR) is 156 cm³/mol. The van der Waals surface area contributed by atoms with Crippen molar-refractivity contribution in [3.63, 3.8) is 0 Å². The number of aliphatic hydroxyl groups excluding tert-OH is 2. The smallest absolute Gasteiger partial charge is 0.132 e. The first-order valence-corrected chi connectivity index (χ1v) is 13.7. The Morgan fingerprint density at radius 1 is 0.643 bits per heavy atom. The number of rotatable bonds is 12. The Hall–Kier alpha value is -4.80. The molecule has 0 aliphatic rings. The summed E-state index contributed by atoms with van der Waals surface area (Å²) in [6, 6.07) is 22.8. The van der Waals surface area contributed by atoms with Crippen molar-refractivity contribution >= 4 is 11.6 Å². The van der Waals surface area contributed by atoms with Crippen molar-refractivity contribution in [2.75, 3.05) is 0 Å². The first-order chi connectivity index (χ1) is 20.3. The number of nitrogens with zero attached hydrogens (tertiary/aromatic N) is 6. The number of Topliss-reactive ketones (excluding diaryl/α,β-unsaturated/α-hetero) is 2. The maximum atomic E-state index is 11.5. The highest BCUT2D eigenvalue weighted by Gasteiger charge is 2.18. The van der Waals surface area contributed by atoms with E-state index in [9.17, 15) is 19.8 Å². The van der Waals surface area contributed by atoms with E-state index < -0.39 is 12.2 Å². The number of hydrogen-bond donors (Lipinski definition) is 2. The number of benzene rings is 3. The highest BCUT2D eigenvalue weighted by molar-refractivity contribution is 5.77. The standard InChI is InChI=1S/C32H32N6O4/c1-21(39)15-31(41)27-9-5-3-7-25(27)29-19-37(35-33-29)17-23-11-13-24(14-12-23)18-38-20-30(34-36-38)26-8-4-6-10-28(26)32(42)16-22(2)40/h3-14,19-20,31-32,41-42H,15-18H2,1-2H3/t31-,32-/m1/s1. The number of aromatic nitrogens is 6. The Kier molecular flexibility index (Phi) is 8.75. The summed E-state index contributed by atoms with van der Waals surface area (Å²) in [5, 5.41) is 38.2. The second-order valence-electron chi connectivity index (χ2n) is 10.4. The third kappa shape index (κ3) is 6.91. The minimum absolute atomic E-state index is 0.0466. The molecule has 0 saturated carbocycles. The second-order valence-corrected chi connectivity index (χ2v) is 10.4. The van der Waals surface area contributed by atoms with Crippen LogP contribution in [0.25, 0.3) is 22.5 Å². The van der Waals surface area contributed by atoms with Crippen molar-refractivity contribution in [3.05, 3.63) is 107 Å². The zero-order valence-corrected chi connectivity index (χ0v) is 23.5. The molecule has 2 aromatic heterocycles. The lowest BCUT2D eigenvalue weighted by atomic mass is 9.97. The molecule has 5 rings (SSSR count). The Bertz CT molecular complexity index is 1570. The molecule has 0 unspecified atom stereocenters. The average molecular weight is 565 g/mol. The quantitative estimate of drug-likeness (QED) is 0.229. The molecule has 5 aromatic rings. The van der Waals surface area contributed by atoms with E-state index in [1.165, 1.54) is 13.8 Å². The van der Waals surface area contributed by atoms with Crippen molar-refractivity contribution in [1.29, 1.82) is 0 Å². The molecular weight excluding hydrogens is 532 g/mol. The Morgan fingerprint density at radius 2 is 1.02 bits per heavy atom. The summed E-state index contributed by atoms with van der Waals surface area (Å²) in [4.78, 5) is 23.0. The number of carbonyl (C=O) groups is 2. The maximum Gasteiger partial charge on any atom is 0.132 e. The summed E-state index contributed by atoms with van der Waals surface area (Å²) < 4.78 is 3.47. The summed E-state index contributed by atoms with van der Waals surface area (Å²) in [6.07, 6.45) is 1.96. The molecule has 2 heterocycles. The van der Waals surface area contributed by atoms with E-state index in [1.807, 2.05) is 73.1 Å². The van der Waals surface area contributed by atoms with Crippen molar-refractivity contribution in [2.45, 2.75) is 52.0 Å². The Morgan fingerprint density at radius 3 is 1.40 bits per heavy atom. The zero-order chi connectivity index (χ0) is 29.6. The second kappa shape index (κ2) is 12.8. The normalized spacial score (nSPS) is 12.7. The molecule has 0 amide bonds. The molecule has 214 valence electrons. The van der Waals surface area contributed by atoms with E-state index in [2.05, 4.69) is 20.6 Å². The number of ketones is 2. The van der Waals surface area contributed by atoms with Gasteiger partial charge in [0.1, 0.15) is 23.0 Å². The summed E-state index contributed by atoms with van der Waals surface area (Å²) in [6.45, 7) is 3.95. The number of aliphatic hydroxyl groups is 2. The lowest BCUT2D eigenvalue weighted by molar-refractivity contribution is -0.119. The monoisotopic (exact) mass is 564 g/mol. The van der Waals surface area contributed by atoms with Gasteiger partial charge in [-0.05, 0) is 36.1 Å². The van der Waals surface area contributed by atoms with Gasteiger partial charge in [0.15, 0.2) is 0 Å². The van der Waals surface area contributed by atoms with Gasteiger partial charge in [-0.15, -0.1) is 10.2 Å². The molecule has 0 aliphatic heterocycles. The highest BCUT2D eigenvalue weighted by Crippen LogP contribution is 2.30. The molecule has 3 aromatic carbocycles. The van der Waals surface area contributed by atoms with Crippen LogP contribution >= 0.6 is 0 Å². The molecule has 10 heteroatoms. The van der Waals surface area contributed by atoms with E-state index in [0.717, 1.165) is 22.3 Å². The SMILES string of the molecule is CC(=O)C[C@@H](O)c1ccccc1-c1cn(Cc2ccc(Cn3cc(-c4ccccc4[C@H](O)CC(C)=O)nn3)cc2)nn1. The van der Waals surface area contributed by atoms with Gasteiger partial charge in [0.2, 0.25) is 0 Å². The third-order valence-electron chi connectivity index (χ3n) is 6.94. The van der Waals surface area contributed by atoms with Crippen LogP contribution in [0.3, 0.4) is 0 Å². The fraction of sp³-hybridized carbons (Fsp3) is 0.250. The Balaban J connectivity index is 1.25. The molecule has 0 saturated heterocycles. The van der Waals surface area contributed by atoms with E-state index in [4.69, 9.17) is 0 Å². The fourth-order valence-electron chi connectivity index (χ4n) is 4.93. The molecule has 2 atom stereocenters. The van der Waals surface area contributed by atoms with Gasteiger partial charge in [0.05, 0.1) is 37.7 Å². The maximum absolute atomic E-state index is 11.5. The van der Waals surface area contributed by atoms with E-state index in [0.29, 0.717) is 35.6 Å². The molecule has 10 nitrogen and oxygen atoms in total. The molecule has 0 aliphatic carbocycles. The zero-order valence-electron chi connectivity index (χ0n) is 23.5. The minimum Gasteiger partial charge on any atom is -0.388 e. The van der Waals surface area contributed by atoms with Crippen LogP contribution in [0.2, 0.25) is 0 Å². The van der Waals surface area contributed by atoms with Gasteiger partial charge in [-0.25, -0.2) is 9.36 Å². The van der Waals surface area contributed by atoms with E-state index in [-0.39, 0.29) is 24.4 Å². The first-order valence-electron chi connectivity index (χ1n) is 13.7. The van der Waals surface area contributed by atoms with Crippen molar-refractivity contribution in [3.8, 4) is 22.5 Å². The number of hydrogen-bond acceptors (Lipinski definition) is 8. The van der Waals surface area contributed by atoms with Gasteiger partial charge in [-0.3, -0.25) is 9.59 Å². The molecule has 0 fully saturated rings. The van der Waals surface area contributed by atoms with Crippen molar-refractivity contribution in [2.24, 2.45) is 0 Å². The van der Waals surface area contributed by atoms with Crippen LogP contribution in [0.4, 0.5) is 0 Å². The van der Waals surface area contributed by atoms with Crippen LogP contribution in [0.5, 0.6) is 0 Å². The van der Waals surface area contributed by atoms with Crippen LogP contribution < -0.4 is 0 Å². The summed E-state index contributed by atoms with van der Waals surface area (Å²) in [5.74, 6) is -0.167. The van der Waals surface area contributed by atoms with Crippen LogP contribution in [0.15, 0.2) is 85.2 Å².